The Morgan fingerprint density at radius 1 is 0.357 bits per heavy atom. The van der Waals surface area contributed by atoms with Crippen LogP contribution < -0.4 is 0 Å². The lowest BCUT2D eigenvalue weighted by Gasteiger charge is -2.17. The molecule has 260 valence electrons. The number of fused-ring (bicyclic) bond motifs is 10. The summed E-state index contributed by atoms with van der Waals surface area (Å²) in [5, 5.41) is 11.9. The summed E-state index contributed by atoms with van der Waals surface area (Å²) in [5.41, 5.74) is 6.23. The fourth-order valence-corrected chi connectivity index (χ4v) is 9.89. The zero-order chi connectivity index (χ0) is 36.7. The van der Waals surface area contributed by atoms with Crippen molar-refractivity contribution in [2.45, 2.75) is 0 Å². The van der Waals surface area contributed by atoms with Crippen molar-refractivity contribution in [3.63, 3.8) is 0 Å². The normalized spacial score (nSPS) is 11.9. The molecule has 0 saturated heterocycles. The molecule has 12 rings (SSSR count). The number of hydrogen-bond acceptors (Lipinski definition) is 4. The smallest absolute Gasteiger partial charge is 0.166 e. The van der Waals surface area contributed by atoms with Gasteiger partial charge >= 0.3 is 0 Å². The maximum atomic E-state index is 5.47. The molecule has 0 fully saturated rings. The monoisotopic (exact) mass is 730 g/mol. The van der Waals surface area contributed by atoms with Crippen LogP contribution in [0.15, 0.2) is 182 Å². The highest BCUT2D eigenvalue weighted by molar-refractivity contribution is 7.26. The number of rotatable bonds is 4. The van der Waals surface area contributed by atoms with Crippen molar-refractivity contribution < 1.29 is 0 Å². The molecule has 0 aliphatic heterocycles. The third kappa shape index (κ3) is 4.68. The van der Waals surface area contributed by atoms with E-state index in [0.717, 1.165) is 44.2 Å². The summed E-state index contributed by atoms with van der Waals surface area (Å²) in [6.07, 6.45) is 0. The van der Waals surface area contributed by atoms with Gasteiger partial charge in [-0.2, -0.15) is 0 Å². The highest BCUT2D eigenvalue weighted by Crippen LogP contribution is 2.45. The topological polar surface area (TPSA) is 43.6 Å². The molecule has 0 aliphatic rings. The van der Waals surface area contributed by atoms with E-state index in [9.17, 15) is 0 Å². The van der Waals surface area contributed by atoms with Crippen molar-refractivity contribution in [1.82, 2.24) is 19.5 Å². The van der Waals surface area contributed by atoms with Gasteiger partial charge in [-0.3, -0.25) is 0 Å². The number of hydrogen-bond donors (Lipinski definition) is 0. The number of nitrogens with zero attached hydrogens (tertiary/aromatic N) is 4. The quantitative estimate of drug-likeness (QED) is 0.169. The zero-order valence-electron chi connectivity index (χ0n) is 30.0. The number of thiophene rings is 1. The molecule has 3 heterocycles. The molecule has 0 N–H and O–H groups in total. The molecule has 12 aromatic rings. The van der Waals surface area contributed by atoms with E-state index in [4.69, 9.17) is 15.0 Å². The molecule has 0 amide bonds. The molecule has 0 aliphatic carbocycles. The van der Waals surface area contributed by atoms with Crippen LogP contribution in [0.5, 0.6) is 0 Å². The minimum Gasteiger partial charge on any atom is -0.307 e. The van der Waals surface area contributed by atoms with E-state index < -0.39 is 0 Å². The summed E-state index contributed by atoms with van der Waals surface area (Å²) >= 11 is 1.83. The first-order valence-corrected chi connectivity index (χ1v) is 19.7. The van der Waals surface area contributed by atoms with Crippen molar-refractivity contribution in [2.24, 2.45) is 0 Å². The standard InChI is InChI=1S/C51H30N4S/c1-2-14-31(15-3-1)49-52-50(54-51(53-49)43-29-34-18-6-7-19-35(34)36-20-8-9-21-37(36)43)41-27-26-40-39-23-11-13-25-46(39)56-48(40)47(41)55-44-24-12-10-22-38(44)42-28-32-16-4-5-17-33(32)30-45(42)55/h1-30H. The fraction of sp³-hybridized carbons (Fsp3) is 0. The maximum Gasteiger partial charge on any atom is 0.166 e. The van der Waals surface area contributed by atoms with E-state index in [2.05, 4.69) is 168 Å². The minimum absolute atomic E-state index is 0.632. The zero-order valence-corrected chi connectivity index (χ0v) is 30.8. The third-order valence-electron chi connectivity index (χ3n) is 11.2. The number of para-hydroxylation sites is 1. The number of aromatic nitrogens is 4. The van der Waals surface area contributed by atoms with E-state index in [-0.39, 0.29) is 0 Å². The molecular weight excluding hydrogens is 701 g/mol. The van der Waals surface area contributed by atoms with Crippen LogP contribution in [0.1, 0.15) is 0 Å². The Labute approximate surface area is 325 Å². The molecule has 0 spiro atoms. The van der Waals surface area contributed by atoms with E-state index in [1.54, 1.807) is 0 Å². The molecule has 0 atom stereocenters. The minimum atomic E-state index is 0.632. The van der Waals surface area contributed by atoms with Crippen molar-refractivity contribution in [3.8, 4) is 39.9 Å². The lowest BCUT2D eigenvalue weighted by atomic mass is 9.97. The second-order valence-electron chi connectivity index (χ2n) is 14.4. The molecule has 0 radical (unpaired) electrons. The van der Waals surface area contributed by atoms with E-state index in [0.29, 0.717) is 17.5 Å². The fourth-order valence-electron chi connectivity index (χ4n) is 8.65. The molecule has 5 heteroatoms. The van der Waals surface area contributed by atoms with Gasteiger partial charge in [-0.25, -0.2) is 15.0 Å². The Balaban J connectivity index is 1.23. The molecular formula is C51H30N4S. The highest BCUT2D eigenvalue weighted by atomic mass is 32.1. The van der Waals surface area contributed by atoms with Gasteiger partial charge in [0, 0.05) is 42.9 Å². The summed E-state index contributed by atoms with van der Waals surface area (Å²) < 4.78 is 4.90. The first-order valence-electron chi connectivity index (χ1n) is 18.9. The number of benzene rings is 9. The Kier molecular flexibility index (Phi) is 6.76. The van der Waals surface area contributed by atoms with Crippen LogP contribution >= 0.6 is 11.3 Å². The average molecular weight is 731 g/mol. The van der Waals surface area contributed by atoms with Crippen molar-refractivity contribution in [2.75, 3.05) is 0 Å². The predicted molar refractivity (Wildman–Crippen MR) is 236 cm³/mol. The van der Waals surface area contributed by atoms with Gasteiger partial charge < -0.3 is 4.57 Å². The molecule has 56 heavy (non-hydrogen) atoms. The molecule has 0 saturated carbocycles. The third-order valence-corrected chi connectivity index (χ3v) is 12.4. The van der Waals surface area contributed by atoms with Gasteiger partial charge in [0.2, 0.25) is 0 Å². The Hall–Kier alpha value is -7.21. The van der Waals surface area contributed by atoms with Crippen molar-refractivity contribution in [3.05, 3.63) is 182 Å². The van der Waals surface area contributed by atoms with Gasteiger partial charge in [0.05, 0.1) is 21.4 Å². The Morgan fingerprint density at radius 3 is 1.79 bits per heavy atom. The van der Waals surface area contributed by atoms with Gasteiger partial charge in [-0.05, 0) is 68.7 Å². The second-order valence-corrected chi connectivity index (χ2v) is 15.4. The first-order chi connectivity index (χ1) is 27.8. The molecule has 4 nitrogen and oxygen atoms in total. The lowest BCUT2D eigenvalue weighted by Crippen LogP contribution is -2.04. The van der Waals surface area contributed by atoms with Crippen LogP contribution in [-0.4, -0.2) is 19.5 Å². The highest BCUT2D eigenvalue weighted by Gasteiger charge is 2.24. The van der Waals surface area contributed by atoms with Crippen molar-refractivity contribution >= 4 is 85.6 Å². The maximum absolute atomic E-state index is 5.47. The van der Waals surface area contributed by atoms with Gasteiger partial charge in [0.15, 0.2) is 17.5 Å². The lowest BCUT2D eigenvalue weighted by molar-refractivity contribution is 1.07. The SMILES string of the molecule is c1ccc(-c2nc(-c3ccc4c(sc5ccccc54)c3-n3c4ccccc4c4cc5ccccc5cc43)nc(-c3cc4ccccc4c4ccccc34)n2)cc1. The van der Waals surface area contributed by atoms with Crippen LogP contribution in [0, 0.1) is 0 Å². The van der Waals surface area contributed by atoms with Gasteiger partial charge in [-0.15, -0.1) is 11.3 Å². The largest absolute Gasteiger partial charge is 0.307 e. The van der Waals surface area contributed by atoms with Gasteiger partial charge in [0.25, 0.3) is 0 Å². The van der Waals surface area contributed by atoms with E-state index in [1.165, 1.54) is 52.5 Å². The van der Waals surface area contributed by atoms with Gasteiger partial charge in [0.1, 0.15) is 0 Å². The summed E-state index contributed by atoms with van der Waals surface area (Å²) in [5.74, 6) is 1.91. The summed E-state index contributed by atoms with van der Waals surface area (Å²) in [7, 11) is 0. The summed E-state index contributed by atoms with van der Waals surface area (Å²) in [6.45, 7) is 0. The predicted octanol–water partition coefficient (Wildman–Crippen LogP) is 13.8. The molecule has 0 bridgehead atoms. The van der Waals surface area contributed by atoms with Crippen LogP contribution in [0.4, 0.5) is 0 Å². The Morgan fingerprint density at radius 2 is 0.964 bits per heavy atom. The van der Waals surface area contributed by atoms with Crippen molar-refractivity contribution in [1.29, 1.82) is 0 Å². The van der Waals surface area contributed by atoms with E-state index in [1.807, 2.05) is 29.5 Å². The first kappa shape index (κ1) is 31.2. The molecule has 0 unspecified atom stereocenters. The van der Waals surface area contributed by atoms with Crippen LogP contribution in [0.25, 0.3) is 114 Å². The van der Waals surface area contributed by atoms with E-state index >= 15 is 0 Å². The second kappa shape index (κ2) is 12.2. The molecule has 9 aromatic carbocycles. The van der Waals surface area contributed by atoms with Gasteiger partial charge in [-0.1, -0.05) is 146 Å². The summed E-state index contributed by atoms with van der Waals surface area (Å²) in [4.78, 5) is 16.1. The summed E-state index contributed by atoms with van der Waals surface area (Å²) in [6, 6.07) is 64.9. The average Bonchev–Trinajstić information content (AvgIpc) is 3.80. The Bertz CT molecular complexity index is 3540. The van der Waals surface area contributed by atoms with Crippen LogP contribution in [-0.2, 0) is 0 Å². The molecule has 3 aromatic heterocycles. The van der Waals surface area contributed by atoms with Crippen LogP contribution in [0.2, 0.25) is 0 Å². The van der Waals surface area contributed by atoms with Crippen LogP contribution in [0.3, 0.4) is 0 Å².